The van der Waals surface area contributed by atoms with Gasteiger partial charge in [-0.3, -0.25) is 0 Å². The number of hydrogen-bond acceptors (Lipinski definition) is 6. The summed E-state index contributed by atoms with van der Waals surface area (Å²) in [4.78, 5) is 4.31. The minimum Gasteiger partial charge on any atom is -0.496 e. The second-order valence-electron chi connectivity index (χ2n) is 6.13. The van der Waals surface area contributed by atoms with Gasteiger partial charge in [-0.1, -0.05) is 0 Å². The summed E-state index contributed by atoms with van der Waals surface area (Å²) in [7, 11) is -2.18. The molecule has 7 nitrogen and oxygen atoms in total. The predicted octanol–water partition coefficient (Wildman–Crippen LogP) is 4.52. The van der Waals surface area contributed by atoms with Crippen LogP contribution in [0.15, 0.2) is 70.2 Å². The summed E-state index contributed by atoms with van der Waals surface area (Å²) in [6, 6.07) is 15.2. The van der Waals surface area contributed by atoms with Crippen molar-refractivity contribution in [2.24, 2.45) is 0 Å². The number of nitrogens with one attached hydrogen (secondary N) is 1. The summed E-state index contributed by atoms with van der Waals surface area (Å²) >= 11 is 3.30. The van der Waals surface area contributed by atoms with Gasteiger partial charge in [0.2, 0.25) is 15.9 Å². The average molecular weight is 493 g/mol. The molecule has 3 rings (SSSR count). The van der Waals surface area contributed by atoms with Gasteiger partial charge in [-0.2, -0.15) is 0 Å². The summed E-state index contributed by atoms with van der Waals surface area (Å²) in [5.41, 5.74) is 0.710. The Balaban J connectivity index is 1.66. The second-order valence-corrected chi connectivity index (χ2v) is 8.75. The number of benzene rings is 2. The van der Waals surface area contributed by atoms with E-state index >= 15 is 0 Å². The van der Waals surface area contributed by atoms with Crippen molar-refractivity contribution >= 4 is 26.0 Å². The van der Waals surface area contributed by atoms with E-state index in [4.69, 9.17) is 14.2 Å². The highest BCUT2D eigenvalue weighted by Crippen LogP contribution is 2.27. The van der Waals surface area contributed by atoms with Crippen LogP contribution in [0, 0.1) is 0 Å². The van der Waals surface area contributed by atoms with Crippen molar-refractivity contribution in [3.8, 4) is 23.1 Å². The second kappa shape index (κ2) is 9.92. The maximum atomic E-state index is 12.6. The average Bonchev–Trinajstić information content (AvgIpc) is 2.74. The Bertz CT molecular complexity index is 1100. The van der Waals surface area contributed by atoms with Crippen molar-refractivity contribution in [2.75, 3.05) is 13.7 Å². The van der Waals surface area contributed by atoms with Crippen LogP contribution >= 0.6 is 15.9 Å². The number of sulfonamides is 1. The summed E-state index contributed by atoms with van der Waals surface area (Å²) in [6.45, 7) is 2.60. The molecule has 3 aromatic rings. The quantitative estimate of drug-likeness (QED) is 0.472. The molecule has 0 bridgehead atoms. The molecule has 1 heterocycles. The Morgan fingerprint density at radius 1 is 1.03 bits per heavy atom. The van der Waals surface area contributed by atoms with Crippen molar-refractivity contribution in [1.82, 2.24) is 9.71 Å². The minimum absolute atomic E-state index is 0.0914. The van der Waals surface area contributed by atoms with Crippen molar-refractivity contribution in [2.45, 2.75) is 18.4 Å². The first-order valence-electron chi connectivity index (χ1n) is 9.10. The minimum atomic E-state index is -3.70. The Morgan fingerprint density at radius 3 is 2.43 bits per heavy atom. The smallest absolute Gasteiger partial charge is 0.240 e. The Labute approximate surface area is 184 Å². The van der Waals surface area contributed by atoms with Gasteiger partial charge in [0.1, 0.15) is 17.2 Å². The molecule has 0 spiro atoms. The lowest BCUT2D eigenvalue weighted by Crippen LogP contribution is -2.23. The number of rotatable bonds is 9. The normalized spacial score (nSPS) is 11.2. The number of methoxy groups -OCH3 is 1. The van der Waals surface area contributed by atoms with Crippen LogP contribution in [-0.2, 0) is 16.6 Å². The van der Waals surface area contributed by atoms with E-state index in [1.54, 1.807) is 36.5 Å². The third-order valence-electron chi connectivity index (χ3n) is 4.06. The van der Waals surface area contributed by atoms with Gasteiger partial charge in [-0.25, -0.2) is 18.1 Å². The van der Waals surface area contributed by atoms with Crippen LogP contribution in [0.5, 0.6) is 23.1 Å². The molecule has 0 aliphatic heterocycles. The van der Waals surface area contributed by atoms with Gasteiger partial charge in [0.25, 0.3) is 0 Å². The third-order valence-corrected chi connectivity index (χ3v) is 6.07. The zero-order valence-electron chi connectivity index (χ0n) is 16.5. The van der Waals surface area contributed by atoms with Crippen LogP contribution in [0.1, 0.15) is 12.5 Å². The molecule has 0 amide bonds. The lowest BCUT2D eigenvalue weighted by Gasteiger charge is -2.10. The van der Waals surface area contributed by atoms with Crippen LogP contribution in [0.4, 0.5) is 0 Å². The SMILES string of the molecule is CCOc1ccc(Oc2cc(CNS(=O)(=O)c3ccc(OC)c(Br)c3)ccn2)cc1. The van der Waals surface area contributed by atoms with Crippen molar-refractivity contribution in [1.29, 1.82) is 0 Å². The molecule has 2 aromatic carbocycles. The molecule has 0 saturated heterocycles. The van der Waals surface area contributed by atoms with Gasteiger partial charge in [0.15, 0.2) is 0 Å². The van der Waals surface area contributed by atoms with Crippen LogP contribution < -0.4 is 18.9 Å². The summed E-state index contributed by atoms with van der Waals surface area (Å²) in [6.07, 6.45) is 1.57. The van der Waals surface area contributed by atoms with E-state index in [9.17, 15) is 8.42 Å². The fraction of sp³-hybridized carbons (Fsp3) is 0.190. The monoisotopic (exact) mass is 492 g/mol. The fourth-order valence-electron chi connectivity index (χ4n) is 2.58. The molecule has 0 saturated carbocycles. The lowest BCUT2D eigenvalue weighted by molar-refractivity contribution is 0.339. The Morgan fingerprint density at radius 2 is 1.77 bits per heavy atom. The zero-order chi connectivity index (χ0) is 21.6. The molecular formula is C21H21BrN2O5S. The van der Waals surface area contributed by atoms with Crippen LogP contribution in [0.25, 0.3) is 0 Å². The van der Waals surface area contributed by atoms with E-state index < -0.39 is 10.0 Å². The van der Waals surface area contributed by atoms with E-state index in [1.807, 2.05) is 19.1 Å². The molecule has 30 heavy (non-hydrogen) atoms. The first kappa shape index (κ1) is 22.1. The van der Waals surface area contributed by atoms with E-state index in [0.29, 0.717) is 34.0 Å². The molecule has 0 unspecified atom stereocenters. The molecule has 0 aliphatic carbocycles. The van der Waals surface area contributed by atoms with Gasteiger partial charge in [-0.05, 0) is 76.9 Å². The van der Waals surface area contributed by atoms with Gasteiger partial charge in [0.05, 0.1) is 23.1 Å². The molecule has 9 heteroatoms. The third kappa shape index (κ3) is 5.71. The highest BCUT2D eigenvalue weighted by Gasteiger charge is 2.16. The number of hydrogen-bond donors (Lipinski definition) is 1. The van der Waals surface area contributed by atoms with Gasteiger partial charge >= 0.3 is 0 Å². The maximum absolute atomic E-state index is 12.6. The molecule has 1 N–H and O–H groups in total. The number of pyridine rings is 1. The highest BCUT2D eigenvalue weighted by molar-refractivity contribution is 9.10. The molecule has 0 atom stereocenters. The van der Waals surface area contributed by atoms with Gasteiger partial charge in [-0.15, -0.1) is 0 Å². The van der Waals surface area contributed by atoms with E-state index in [2.05, 4.69) is 25.6 Å². The van der Waals surface area contributed by atoms with Gasteiger partial charge in [0, 0.05) is 18.8 Å². The molecule has 1 aromatic heterocycles. The van der Waals surface area contributed by atoms with Crippen molar-refractivity contribution < 1.29 is 22.6 Å². The van der Waals surface area contributed by atoms with Gasteiger partial charge < -0.3 is 14.2 Å². The number of halogens is 1. The number of nitrogens with zero attached hydrogens (tertiary/aromatic N) is 1. The van der Waals surface area contributed by atoms with Crippen LogP contribution in [0.2, 0.25) is 0 Å². The number of ether oxygens (including phenoxy) is 3. The maximum Gasteiger partial charge on any atom is 0.240 e. The molecular weight excluding hydrogens is 472 g/mol. The molecule has 0 radical (unpaired) electrons. The first-order valence-corrected chi connectivity index (χ1v) is 11.4. The van der Waals surface area contributed by atoms with Crippen LogP contribution in [-0.4, -0.2) is 27.1 Å². The fourth-order valence-corrected chi connectivity index (χ4v) is 4.32. The van der Waals surface area contributed by atoms with Crippen LogP contribution in [0.3, 0.4) is 0 Å². The predicted molar refractivity (Wildman–Crippen MR) is 117 cm³/mol. The molecule has 0 fully saturated rings. The number of aromatic nitrogens is 1. The molecule has 158 valence electrons. The summed E-state index contributed by atoms with van der Waals surface area (Å²) in [5.74, 6) is 2.28. The topological polar surface area (TPSA) is 86.8 Å². The summed E-state index contributed by atoms with van der Waals surface area (Å²) < 4.78 is 44.6. The highest BCUT2D eigenvalue weighted by atomic mass is 79.9. The Kier molecular flexibility index (Phi) is 7.30. The standard InChI is InChI=1S/C21H21BrN2O5S/c1-3-28-16-4-6-17(7-5-16)29-21-12-15(10-11-23-21)14-24-30(25,26)18-8-9-20(27-2)19(22)13-18/h4-13,24H,3,14H2,1-2H3. The van der Waals surface area contributed by atoms with E-state index in [-0.39, 0.29) is 11.4 Å². The summed E-state index contributed by atoms with van der Waals surface area (Å²) in [5, 5.41) is 0. The lowest BCUT2D eigenvalue weighted by atomic mass is 10.3. The molecule has 0 aliphatic rings. The largest absolute Gasteiger partial charge is 0.496 e. The van der Waals surface area contributed by atoms with Crippen molar-refractivity contribution in [3.63, 3.8) is 0 Å². The van der Waals surface area contributed by atoms with E-state index in [1.165, 1.54) is 19.2 Å². The Hall–Kier alpha value is -2.62. The first-order chi connectivity index (χ1) is 14.4. The van der Waals surface area contributed by atoms with E-state index in [0.717, 1.165) is 5.75 Å². The van der Waals surface area contributed by atoms with Crippen molar-refractivity contribution in [3.05, 3.63) is 70.8 Å². The zero-order valence-corrected chi connectivity index (χ0v) is 18.9.